The average Bonchev–Trinajstić information content (AvgIpc) is 3.40. The van der Waals surface area contributed by atoms with Gasteiger partial charge in [0.15, 0.2) is 17.0 Å². The molecule has 0 amide bonds. The molecule has 1 aliphatic heterocycles. The van der Waals surface area contributed by atoms with Crippen LogP contribution in [0.3, 0.4) is 0 Å². The predicted molar refractivity (Wildman–Crippen MR) is 131 cm³/mol. The summed E-state index contributed by atoms with van der Waals surface area (Å²) in [5, 5.41) is 3.99. The average molecular weight is 521 g/mol. The van der Waals surface area contributed by atoms with Crippen LogP contribution in [-0.4, -0.2) is 57.9 Å². The number of carbonyl (C=O) groups is 1. The Morgan fingerprint density at radius 3 is 2.70 bits per heavy atom. The smallest absolute Gasteiger partial charge is 0.322 e. The van der Waals surface area contributed by atoms with Crippen molar-refractivity contribution in [2.75, 3.05) is 36.4 Å². The molecular weight excluding hydrogens is 490 g/mol. The molecule has 1 aliphatic rings. The fourth-order valence-corrected chi connectivity index (χ4v) is 4.13. The summed E-state index contributed by atoms with van der Waals surface area (Å²) in [6, 6.07) is 2.89. The predicted octanol–water partition coefficient (Wildman–Crippen LogP) is 2.55. The number of esters is 1. The van der Waals surface area contributed by atoms with Crippen molar-refractivity contribution < 1.29 is 27.9 Å². The van der Waals surface area contributed by atoms with Crippen LogP contribution in [0.15, 0.2) is 24.5 Å². The van der Waals surface area contributed by atoms with Gasteiger partial charge < -0.3 is 20.5 Å². The minimum Gasteiger partial charge on any atom is -0.462 e. The highest BCUT2D eigenvalue weighted by atomic mass is 19.1. The van der Waals surface area contributed by atoms with Gasteiger partial charge in [-0.25, -0.2) is 13.8 Å². The van der Waals surface area contributed by atoms with Crippen LogP contribution >= 0.6 is 0 Å². The van der Waals surface area contributed by atoms with Crippen LogP contribution in [-0.2, 0) is 19.1 Å². The standard InChI is InChI=1S/C23H30F2N8O4/c1-12(2)36-18(34)9-29-33(16-7-14(24)6-15(25)8-16)35-10-17-5-13(3)22(37-17)32-11-28-19-20(27-4)30-23(26)31-21(19)32/h6-8,11-13,17,22,29H,5,9-10H2,1-4H3,(H3,26,27,30,31). The Morgan fingerprint density at radius 2 is 2.03 bits per heavy atom. The number of hydrogen-bond donors (Lipinski definition) is 3. The second-order valence-electron chi connectivity index (χ2n) is 8.96. The minimum absolute atomic E-state index is 0.0245. The van der Waals surface area contributed by atoms with Crippen molar-refractivity contribution >= 4 is 34.6 Å². The largest absolute Gasteiger partial charge is 0.462 e. The van der Waals surface area contributed by atoms with E-state index in [1.54, 1.807) is 31.8 Å². The second kappa shape index (κ2) is 11.2. The van der Waals surface area contributed by atoms with Gasteiger partial charge in [0.1, 0.15) is 31.0 Å². The Morgan fingerprint density at radius 1 is 1.30 bits per heavy atom. The van der Waals surface area contributed by atoms with E-state index in [0.29, 0.717) is 23.4 Å². The zero-order valence-corrected chi connectivity index (χ0v) is 20.9. The first-order valence-corrected chi connectivity index (χ1v) is 11.8. The van der Waals surface area contributed by atoms with E-state index in [-0.39, 0.29) is 42.9 Å². The van der Waals surface area contributed by atoms with Crippen LogP contribution in [0.1, 0.15) is 33.4 Å². The van der Waals surface area contributed by atoms with E-state index in [1.165, 1.54) is 0 Å². The van der Waals surface area contributed by atoms with Crippen molar-refractivity contribution in [3.05, 3.63) is 36.2 Å². The molecule has 14 heteroatoms. The molecule has 3 atom stereocenters. The van der Waals surface area contributed by atoms with E-state index in [1.807, 2.05) is 6.92 Å². The van der Waals surface area contributed by atoms with E-state index in [9.17, 15) is 13.6 Å². The number of halogens is 2. The summed E-state index contributed by atoms with van der Waals surface area (Å²) in [5.74, 6) is -1.49. The van der Waals surface area contributed by atoms with Crippen LogP contribution in [0.5, 0.6) is 0 Å². The van der Waals surface area contributed by atoms with Crippen LogP contribution in [0.25, 0.3) is 11.2 Å². The molecule has 3 aromatic rings. The van der Waals surface area contributed by atoms with E-state index < -0.39 is 23.8 Å². The number of carbonyl (C=O) groups excluding carboxylic acids is 1. The number of nitrogens with one attached hydrogen (secondary N) is 2. The Balaban J connectivity index is 1.47. The molecule has 4 rings (SSSR count). The fourth-order valence-electron chi connectivity index (χ4n) is 4.13. The third kappa shape index (κ3) is 6.21. The fraction of sp³-hybridized carbons (Fsp3) is 0.478. The maximum Gasteiger partial charge on any atom is 0.322 e. The lowest BCUT2D eigenvalue weighted by molar-refractivity contribution is -0.146. The number of hydrazine groups is 1. The number of nitrogens with two attached hydrogens (primary N) is 1. The molecule has 3 unspecified atom stereocenters. The molecule has 1 aromatic carbocycles. The van der Waals surface area contributed by atoms with Gasteiger partial charge >= 0.3 is 5.97 Å². The maximum absolute atomic E-state index is 13.9. The number of fused-ring (bicyclic) bond motifs is 1. The number of nitrogen functional groups attached to an aromatic ring is 1. The van der Waals surface area contributed by atoms with Crippen molar-refractivity contribution in [3.8, 4) is 0 Å². The van der Waals surface area contributed by atoms with Gasteiger partial charge in [0.25, 0.3) is 0 Å². The normalized spacial score (nSPS) is 19.5. The molecule has 1 fully saturated rings. The molecule has 1 saturated heterocycles. The number of anilines is 3. The first-order valence-electron chi connectivity index (χ1n) is 11.8. The van der Waals surface area contributed by atoms with E-state index in [2.05, 4.69) is 25.7 Å². The summed E-state index contributed by atoms with van der Waals surface area (Å²) < 4.78 is 40.9. The summed E-state index contributed by atoms with van der Waals surface area (Å²) in [5.41, 5.74) is 9.68. The first kappa shape index (κ1) is 26.4. The number of ether oxygens (including phenoxy) is 2. The summed E-state index contributed by atoms with van der Waals surface area (Å²) in [7, 11) is 1.72. The third-order valence-electron chi connectivity index (χ3n) is 5.61. The van der Waals surface area contributed by atoms with E-state index in [0.717, 1.165) is 23.4 Å². The van der Waals surface area contributed by atoms with Crippen molar-refractivity contribution in [2.24, 2.45) is 5.92 Å². The van der Waals surface area contributed by atoms with Gasteiger partial charge in [-0.1, -0.05) is 6.92 Å². The van der Waals surface area contributed by atoms with Gasteiger partial charge in [-0.2, -0.15) is 20.6 Å². The molecule has 0 aliphatic carbocycles. The van der Waals surface area contributed by atoms with Gasteiger partial charge in [0.05, 0.1) is 24.2 Å². The van der Waals surface area contributed by atoms with E-state index in [4.69, 9.17) is 20.0 Å². The Hall–Kier alpha value is -3.62. The van der Waals surface area contributed by atoms with Gasteiger partial charge in [-0.15, -0.1) is 0 Å². The molecule has 0 bridgehead atoms. The molecule has 2 aromatic heterocycles. The maximum atomic E-state index is 13.9. The quantitative estimate of drug-likeness (QED) is 0.268. The van der Waals surface area contributed by atoms with Crippen LogP contribution in [0, 0.1) is 17.6 Å². The van der Waals surface area contributed by atoms with Gasteiger partial charge in [-0.05, 0) is 20.3 Å². The topological polar surface area (TPSA) is 142 Å². The summed E-state index contributed by atoms with van der Waals surface area (Å²) >= 11 is 0. The molecular formula is C23H30F2N8O4. The van der Waals surface area contributed by atoms with Crippen LogP contribution in [0.4, 0.5) is 26.2 Å². The summed E-state index contributed by atoms with van der Waals surface area (Å²) in [6.07, 6.45) is 1.13. The summed E-state index contributed by atoms with van der Waals surface area (Å²) in [6.45, 7) is 5.19. The second-order valence-corrected chi connectivity index (χ2v) is 8.96. The lowest BCUT2D eigenvalue weighted by Crippen LogP contribution is -2.43. The van der Waals surface area contributed by atoms with Crippen molar-refractivity contribution in [3.63, 3.8) is 0 Å². The molecule has 200 valence electrons. The first-order chi connectivity index (χ1) is 17.6. The number of imidazole rings is 1. The number of benzene rings is 1. The SMILES string of the molecule is CNc1nc(N)nc2c1ncn2C1OC(CON(NCC(=O)OC(C)C)c2cc(F)cc(F)c2)CC1C. The van der Waals surface area contributed by atoms with Gasteiger partial charge in [0, 0.05) is 31.2 Å². The molecule has 37 heavy (non-hydrogen) atoms. The highest BCUT2D eigenvalue weighted by Gasteiger charge is 2.35. The van der Waals surface area contributed by atoms with Crippen LogP contribution in [0.2, 0.25) is 0 Å². The monoisotopic (exact) mass is 520 g/mol. The molecule has 4 N–H and O–H groups in total. The van der Waals surface area contributed by atoms with Crippen molar-refractivity contribution in [1.82, 2.24) is 24.9 Å². The molecule has 3 heterocycles. The van der Waals surface area contributed by atoms with Gasteiger partial charge in [0.2, 0.25) is 5.95 Å². The molecule has 0 saturated carbocycles. The zero-order chi connectivity index (χ0) is 26.7. The number of aromatic nitrogens is 4. The highest BCUT2D eigenvalue weighted by Crippen LogP contribution is 2.36. The number of hydrogen-bond acceptors (Lipinski definition) is 11. The number of rotatable bonds is 10. The molecule has 0 radical (unpaired) electrons. The third-order valence-corrected chi connectivity index (χ3v) is 5.61. The van der Waals surface area contributed by atoms with Crippen LogP contribution < -0.4 is 21.6 Å². The Labute approximate surface area is 212 Å². The van der Waals surface area contributed by atoms with Crippen molar-refractivity contribution in [2.45, 2.75) is 45.6 Å². The highest BCUT2D eigenvalue weighted by molar-refractivity contribution is 5.84. The van der Waals surface area contributed by atoms with Gasteiger partial charge in [-0.3, -0.25) is 14.2 Å². The zero-order valence-electron chi connectivity index (χ0n) is 20.9. The molecule has 0 spiro atoms. The molecule has 12 nitrogen and oxygen atoms in total. The summed E-state index contributed by atoms with van der Waals surface area (Å²) in [4.78, 5) is 30.7. The van der Waals surface area contributed by atoms with Crippen molar-refractivity contribution in [1.29, 1.82) is 0 Å². The lowest BCUT2D eigenvalue weighted by Gasteiger charge is -2.26. The lowest BCUT2D eigenvalue weighted by atomic mass is 10.1. The minimum atomic E-state index is -0.796. The number of nitrogens with zero attached hydrogens (tertiary/aromatic N) is 5. The van der Waals surface area contributed by atoms with E-state index >= 15 is 0 Å². The Kier molecular flexibility index (Phi) is 8.00. The Bertz CT molecular complexity index is 1240.